The van der Waals surface area contributed by atoms with Crippen LogP contribution in [0.15, 0.2) is 82.2 Å². The van der Waals surface area contributed by atoms with Crippen LogP contribution in [0.5, 0.6) is 0 Å². The smallest absolute Gasteiger partial charge is 0.339 e. The van der Waals surface area contributed by atoms with Crippen LogP contribution in [0.2, 0.25) is 0 Å². The van der Waals surface area contributed by atoms with Gasteiger partial charge in [0.05, 0.1) is 34.5 Å². The van der Waals surface area contributed by atoms with Crippen molar-refractivity contribution in [1.29, 1.82) is 0 Å². The summed E-state index contributed by atoms with van der Waals surface area (Å²) in [6.07, 6.45) is 0. The van der Waals surface area contributed by atoms with Crippen LogP contribution in [0, 0.1) is 0 Å². The van der Waals surface area contributed by atoms with Gasteiger partial charge in [0.15, 0.2) is 0 Å². The minimum atomic E-state index is -3.91. The van der Waals surface area contributed by atoms with Crippen LogP contribution in [-0.4, -0.2) is 27.4 Å². The first-order valence-electron chi connectivity index (χ1n) is 8.68. The minimum Gasteiger partial charge on any atom is -0.465 e. The summed E-state index contributed by atoms with van der Waals surface area (Å²) < 4.78 is 33.3. The predicted molar refractivity (Wildman–Crippen MR) is 117 cm³/mol. The van der Waals surface area contributed by atoms with E-state index >= 15 is 0 Å². The summed E-state index contributed by atoms with van der Waals surface area (Å²) in [6, 6.07) is 18.7. The van der Waals surface area contributed by atoms with Gasteiger partial charge in [-0.1, -0.05) is 40.2 Å². The molecule has 9 heteroatoms. The number of para-hydroxylation sites is 2. The molecule has 0 fully saturated rings. The molecule has 0 saturated carbocycles. The summed E-state index contributed by atoms with van der Waals surface area (Å²) >= 11 is 3.26. The Morgan fingerprint density at radius 1 is 0.833 bits per heavy atom. The first-order chi connectivity index (χ1) is 14.3. The van der Waals surface area contributed by atoms with E-state index in [4.69, 9.17) is 4.74 Å². The number of ether oxygens (including phenoxy) is 1. The average Bonchev–Trinajstić information content (AvgIpc) is 2.74. The molecule has 0 radical (unpaired) electrons. The monoisotopic (exact) mass is 488 g/mol. The van der Waals surface area contributed by atoms with Gasteiger partial charge in [-0.15, -0.1) is 0 Å². The molecule has 1 amide bonds. The summed E-state index contributed by atoms with van der Waals surface area (Å²) in [7, 11) is -2.67. The van der Waals surface area contributed by atoms with Gasteiger partial charge in [-0.05, 0) is 48.5 Å². The van der Waals surface area contributed by atoms with Crippen LogP contribution in [0.1, 0.15) is 20.7 Å². The largest absolute Gasteiger partial charge is 0.465 e. The fraction of sp³-hybridized carbons (Fsp3) is 0.0476. The molecular weight excluding hydrogens is 472 g/mol. The van der Waals surface area contributed by atoms with Crippen molar-refractivity contribution >= 4 is 49.2 Å². The van der Waals surface area contributed by atoms with E-state index in [-0.39, 0.29) is 27.4 Å². The summed E-state index contributed by atoms with van der Waals surface area (Å²) in [5, 5.41) is 2.63. The molecule has 0 unspecified atom stereocenters. The van der Waals surface area contributed by atoms with E-state index in [1.807, 2.05) is 0 Å². The van der Waals surface area contributed by atoms with Crippen LogP contribution in [-0.2, 0) is 14.8 Å². The Morgan fingerprint density at radius 2 is 1.40 bits per heavy atom. The normalized spacial score (nSPS) is 10.9. The third-order valence-electron chi connectivity index (χ3n) is 4.12. The average molecular weight is 489 g/mol. The molecule has 3 aromatic rings. The van der Waals surface area contributed by atoms with Crippen molar-refractivity contribution in [3.8, 4) is 0 Å². The number of sulfonamides is 1. The third-order valence-corrected chi connectivity index (χ3v) is 6.03. The lowest BCUT2D eigenvalue weighted by atomic mass is 10.1. The fourth-order valence-electron chi connectivity index (χ4n) is 2.66. The molecule has 0 aromatic heterocycles. The van der Waals surface area contributed by atoms with E-state index in [1.54, 1.807) is 42.5 Å². The minimum absolute atomic E-state index is 0.0527. The zero-order chi connectivity index (χ0) is 21.7. The molecule has 0 saturated heterocycles. The summed E-state index contributed by atoms with van der Waals surface area (Å²) in [6.45, 7) is 0. The standard InChI is InChI=1S/C21H17BrN2O5S/c1-29-21(26)17-7-3-4-8-18(17)23-20(25)16-6-2-5-9-19(16)24-30(27,28)15-12-10-14(22)11-13-15/h2-13,24H,1H3,(H,23,25). The lowest BCUT2D eigenvalue weighted by Gasteiger charge is -2.14. The second-order valence-corrected chi connectivity index (χ2v) is 8.69. The van der Waals surface area contributed by atoms with Crippen LogP contribution < -0.4 is 10.0 Å². The van der Waals surface area contributed by atoms with Crippen molar-refractivity contribution < 1.29 is 22.7 Å². The number of nitrogens with one attached hydrogen (secondary N) is 2. The van der Waals surface area contributed by atoms with E-state index in [1.165, 1.54) is 37.4 Å². The number of carbonyl (C=O) groups is 2. The molecule has 3 aromatic carbocycles. The molecule has 0 aliphatic heterocycles. The highest BCUT2D eigenvalue weighted by molar-refractivity contribution is 9.10. The number of hydrogen-bond acceptors (Lipinski definition) is 5. The van der Waals surface area contributed by atoms with Crippen molar-refractivity contribution in [2.45, 2.75) is 4.90 Å². The molecule has 3 rings (SSSR count). The number of rotatable bonds is 6. The lowest BCUT2D eigenvalue weighted by Crippen LogP contribution is -2.19. The number of benzene rings is 3. The van der Waals surface area contributed by atoms with E-state index in [0.29, 0.717) is 0 Å². The number of anilines is 2. The first kappa shape index (κ1) is 21.5. The first-order valence-corrected chi connectivity index (χ1v) is 11.0. The Labute approximate surface area is 182 Å². The number of esters is 1. The second kappa shape index (κ2) is 9.10. The van der Waals surface area contributed by atoms with Gasteiger partial charge >= 0.3 is 5.97 Å². The SMILES string of the molecule is COC(=O)c1ccccc1NC(=O)c1ccccc1NS(=O)(=O)c1ccc(Br)cc1. The summed E-state index contributed by atoms with van der Waals surface area (Å²) in [4.78, 5) is 24.8. The van der Waals surface area contributed by atoms with E-state index in [2.05, 4.69) is 26.0 Å². The van der Waals surface area contributed by atoms with Crippen LogP contribution >= 0.6 is 15.9 Å². The van der Waals surface area contributed by atoms with Crippen LogP contribution in [0.3, 0.4) is 0 Å². The predicted octanol–water partition coefficient (Wildman–Crippen LogP) is 4.29. The van der Waals surface area contributed by atoms with E-state index in [9.17, 15) is 18.0 Å². The van der Waals surface area contributed by atoms with Crippen LogP contribution in [0.25, 0.3) is 0 Å². The molecule has 0 spiro atoms. The van der Waals surface area contributed by atoms with Gasteiger partial charge in [0.2, 0.25) is 0 Å². The fourth-order valence-corrected chi connectivity index (χ4v) is 4.00. The number of halogens is 1. The van der Waals surface area contributed by atoms with E-state index < -0.39 is 21.9 Å². The topological polar surface area (TPSA) is 102 Å². The molecule has 0 aliphatic carbocycles. The molecule has 2 N–H and O–H groups in total. The number of methoxy groups -OCH3 is 1. The number of carbonyl (C=O) groups excluding carboxylic acids is 2. The van der Waals surface area contributed by atoms with Crippen molar-refractivity contribution in [1.82, 2.24) is 0 Å². The quantitative estimate of drug-likeness (QED) is 0.503. The molecule has 0 aliphatic rings. The van der Waals surface area contributed by atoms with Gasteiger partial charge in [0.25, 0.3) is 15.9 Å². The zero-order valence-corrected chi connectivity index (χ0v) is 18.2. The van der Waals surface area contributed by atoms with Crippen LogP contribution in [0.4, 0.5) is 11.4 Å². The lowest BCUT2D eigenvalue weighted by molar-refractivity contribution is 0.0602. The van der Waals surface area contributed by atoms with E-state index in [0.717, 1.165) is 4.47 Å². The molecular formula is C21H17BrN2O5S. The molecule has 30 heavy (non-hydrogen) atoms. The highest BCUT2D eigenvalue weighted by Crippen LogP contribution is 2.23. The maximum atomic E-state index is 12.9. The highest BCUT2D eigenvalue weighted by atomic mass is 79.9. The maximum absolute atomic E-state index is 12.9. The highest BCUT2D eigenvalue weighted by Gasteiger charge is 2.20. The van der Waals surface area contributed by atoms with Crippen molar-refractivity contribution in [2.75, 3.05) is 17.1 Å². The summed E-state index contributed by atoms with van der Waals surface area (Å²) in [5.41, 5.74) is 0.632. The van der Waals surface area contributed by atoms with Crippen molar-refractivity contribution in [3.05, 3.63) is 88.4 Å². The van der Waals surface area contributed by atoms with Gasteiger partial charge < -0.3 is 10.1 Å². The molecule has 0 bridgehead atoms. The number of hydrogen-bond donors (Lipinski definition) is 2. The number of amides is 1. The molecule has 154 valence electrons. The molecule has 7 nitrogen and oxygen atoms in total. The summed E-state index contributed by atoms with van der Waals surface area (Å²) in [5.74, 6) is -1.18. The third kappa shape index (κ3) is 4.87. The van der Waals surface area contributed by atoms with Gasteiger partial charge in [-0.25, -0.2) is 13.2 Å². The Morgan fingerprint density at radius 3 is 2.03 bits per heavy atom. The van der Waals surface area contributed by atoms with Gasteiger partial charge in [-0.2, -0.15) is 0 Å². The van der Waals surface area contributed by atoms with Gasteiger partial charge in [0.1, 0.15) is 0 Å². The Hall–Kier alpha value is -3.17. The van der Waals surface area contributed by atoms with Crippen molar-refractivity contribution in [3.63, 3.8) is 0 Å². The molecule has 0 heterocycles. The van der Waals surface area contributed by atoms with Gasteiger partial charge in [0, 0.05) is 4.47 Å². The zero-order valence-electron chi connectivity index (χ0n) is 15.8. The van der Waals surface area contributed by atoms with Crippen molar-refractivity contribution in [2.24, 2.45) is 0 Å². The van der Waals surface area contributed by atoms with Gasteiger partial charge in [-0.3, -0.25) is 9.52 Å². The maximum Gasteiger partial charge on any atom is 0.339 e. The Kier molecular flexibility index (Phi) is 6.53. The Balaban J connectivity index is 1.90. The second-order valence-electron chi connectivity index (χ2n) is 6.10. The Bertz CT molecular complexity index is 1190. The molecule has 0 atom stereocenters.